The zero-order valence-corrected chi connectivity index (χ0v) is 10.2. The van der Waals surface area contributed by atoms with E-state index < -0.39 is 41.0 Å². The number of Topliss-reactive ketones (excluding diaryl/α,β-unsaturated/α-hetero) is 1. The third kappa shape index (κ3) is 2.78. The molecule has 114 valence electrons. The lowest BCUT2D eigenvalue weighted by Gasteiger charge is -2.06. The highest BCUT2D eigenvalue weighted by molar-refractivity contribution is 5.98. The molecule has 0 unspecified atom stereocenters. The predicted octanol–water partition coefficient (Wildman–Crippen LogP) is 3.44. The topological polar surface area (TPSA) is 48.0 Å². The molecule has 2 aromatic heterocycles. The van der Waals surface area contributed by atoms with Crippen LogP contribution in [-0.2, 0) is 13.2 Å². The fourth-order valence-corrected chi connectivity index (χ4v) is 1.66. The number of furan rings is 1. The molecule has 10 heteroatoms. The van der Waals surface area contributed by atoms with Crippen molar-refractivity contribution in [1.29, 1.82) is 0 Å². The summed E-state index contributed by atoms with van der Waals surface area (Å²) in [7, 11) is 1.21. The summed E-state index contributed by atoms with van der Waals surface area (Å²) in [5.41, 5.74) is -1.88. The summed E-state index contributed by atoms with van der Waals surface area (Å²) in [4.78, 5) is 14.1. The van der Waals surface area contributed by atoms with Crippen molar-refractivity contribution in [3.05, 3.63) is 29.9 Å². The van der Waals surface area contributed by atoms with Crippen LogP contribution in [0.5, 0.6) is 0 Å². The molecule has 0 saturated carbocycles. The van der Waals surface area contributed by atoms with Gasteiger partial charge in [-0.1, -0.05) is 0 Å². The summed E-state index contributed by atoms with van der Waals surface area (Å²) in [6, 6.07) is 1.52. The van der Waals surface area contributed by atoms with E-state index in [-0.39, 0.29) is 0 Å². The van der Waals surface area contributed by atoms with Crippen molar-refractivity contribution < 1.29 is 35.6 Å². The van der Waals surface area contributed by atoms with E-state index >= 15 is 0 Å². The highest BCUT2D eigenvalue weighted by Gasteiger charge is 2.42. The van der Waals surface area contributed by atoms with Crippen LogP contribution in [-0.4, -0.2) is 21.5 Å². The highest BCUT2D eigenvalue weighted by Crippen LogP contribution is 2.36. The van der Waals surface area contributed by atoms with Crippen molar-refractivity contribution in [1.82, 2.24) is 9.55 Å². The Morgan fingerprint density at radius 3 is 2.33 bits per heavy atom. The molecule has 2 rings (SSSR count). The Morgan fingerprint density at radius 2 is 1.81 bits per heavy atom. The Hall–Kier alpha value is -2.26. The zero-order valence-electron chi connectivity index (χ0n) is 10.2. The summed E-state index contributed by atoms with van der Waals surface area (Å²) < 4.78 is 80.4. The molecule has 0 aromatic carbocycles. The Bertz CT molecular complexity index is 680. The Kier molecular flexibility index (Phi) is 3.34. The SMILES string of the molecule is Cn1cnc(C(F)(F)F)c1-c1ccc(C(=O)C(F)(F)F)o1. The Labute approximate surface area is 113 Å². The van der Waals surface area contributed by atoms with Gasteiger partial charge in [0.2, 0.25) is 0 Å². The van der Waals surface area contributed by atoms with E-state index in [2.05, 4.69) is 9.40 Å². The van der Waals surface area contributed by atoms with E-state index in [1.54, 1.807) is 0 Å². The molecule has 0 aliphatic carbocycles. The number of halogens is 6. The lowest BCUT2D eigenvalue weighted by Crippen LogP contribution is -2.22. The van der Waals surface area contributed by atoms with Crippen LogP contribution in [0.25, 0.3) is 11.5 Å². The van der Waals surface area contributed by atoms with Gasteiger partial charge in [0.25, 0.3) is 0 Å². The summed E-state index contributed by atoms with van der Waals surface area (Å²) >= 11 is 0. The maximum absolute atomic E-state index is 12.7. The third-order valence-electron chi connectivity index (χ3n) is 2.53. The van der Waals surface area contributed by atoms with Crippen LogP contribution in [0, 0.1) is 0 Å². The van der Waals surface area contributed by atoms with Gasteiger partial charge in [0.05, 0.1) is 6.33 Å². The maximum Gasteiger partial charge on any atom is 0.458 e. The van der Waals surface area contributed by atoms with Crippen molar-refractivity contribution in [2.45, 2.75) is 12.4 Å². The first-order valence-electron chi connectivity index (χ1n) is 5.32. The smallest absolute Gasteiger partial charge is 0.451 e. The maximum atomic E-state index is 12.7. The number of hydrogen-bond donors (Lipinski definition) is 0. The van der Waals surface area contributed by atoms with Crippen LogP contribution in [0.1, 0.15) is 16.2 Å². The van der Waals surface area contributed by atoms with Crippen molar-refractivity contribution in [3.8, 4) is 11.5 Å². The number of alkyl halides is 6. The van der Waals surface area contributed by atoms with E-state index in [0.29, 0.717) is 6.07 Å². The van der Waals surface area contributed by atoms with Crippen LogP contribution in [0.4, 0.5) is 26.3 Å². The zero-order chi connectivity index (χ0) is 16.0. The summed E-state index contributed by atoms with van der Waals surface area (Å²) in [5.74, 6) is -3.90. The van der Waals surface area contributed by atoms with Gasteiger partial charge in [-0.15, -0.1) is 0 Å². The average Bonchev–Trinajstić information content (AvgIpc) is 2.91. The minimum absolute atomic E-state index is 0.532. The molecular weight excluding hydrogens is 306 g/mol. The number of ketones is 1. The largest absolute Gasteiger partial charge is 0.458 e. The molecule has 0 atom stereocenters. The van der Waals surface area contributed by atoms with Gasteiger partial charge in [0, 0.05) is 7.05 Å². The minimum atomic E-state index is -5.17. The first kappa shape index (κ1) is 15.1. The lowest BCUT2D eigenvalue weighted by atomic mass is 10.2. The Morgan fingerprint density at radius 1 is 1.19 bits per heavy atom. The summed E-state index contributed by atoms with van der Waals surface area (Å²) in [5, 5.41) is 0. The van der Waals surface area contributed by atoms with E-state index in [4.69, 9.17) is 0 Å². The van der Waals surface area contributed by atoms with Crippen LogP contribution in [0.3, 0.4) is 0 Å². The van der Waals surface area contributed by atoms with Gasteiger partial charge in [-0.2, -0.15) is 26.3 Å². The molecule has 4 nitrogen and oxygen atoms in total. The first-order chi connectivity index (χ1) is 9.51. The molecule has 0 radical (unpaired) electrons. The minimum Gasteiger partial charge on any atom is -0.451 e. The molecule has 0 aliphatic rings. The Balaban J connectivity index is 2.49. The molecule has 0 saturated heterocycles. The van der Waals surface area contributed by atoms with Crippen LogP contribution in [0.2, 0.25) is 0 Å². The van der Waals surface area contributed by atoms with Gasteiger partial charge in [-0.25, -0.2) is 4.98 Å². The van der Waals surface area contributed by atoms with Gasteiger partial charge in [-0.3, -0.25) is 4.79 Å². The number of nitrogens with zero attached hydrogens (tertiary/aromatic N) is 2. The fraction of sp³-hybridized carbons (Fsp3) is 0.273. The van der Waals surface area contributed by atoms with Crippen LogP contribution < -0.4 is 0 Å². The molecular formula is C11H6F6N2O2. The summed E-state index contributed by atoms with van der Waals surface area (Å²) in [6.45, 7) is 0. The quantitative estimate of drug-likeness (QED) is 0.630. The van der Waals surface area contributed by atoms with Crippen molar-refractivity contribution in [2.75, 3.05) is 0 Å². The molecule has 0 bridgehead atoms. The third-order valence-corrected chi connectivity index (χ3v) is 2.53. The molecule has 2 heterocycles. The molecule has 0 spiro atoms. The van der Waals surface area contributed by atoms with Gasteiger partial charge in [0.15, 0.2) is 17.2 Å². The average molecular weight is 312 g/mol. The molecule has 0 amide bonds. The highest BCUT2D eigenvalue weighted by atomic mass is 19.4. The van der Waals surface area contributed by atoms with Crippen molar-refractivity contribution in [2.24, 2.45) is 7.05 Å². The number of aromatic nitrogens is 2. The second-order valence-electron chi connectivity index (χ2n) is 4.04. The van der Waals surface area contributed by atoms with E-state index in [0.717, 1.165) is 17.0 Å². The summed E-state index contributed by atoms with van der Waals surface area (Å²) in [6.07, 6.45) is -9.14. The predicted molar refractivity (Wildman–Crippen MR) is 56.3 cm³/mol. The fourth-order valence-electron chi connectivity index (χ4n) is 1.66. The molecule has 21 heavy (non-hydrogen) atoms. The van der Waals surface area contributed by atoms with Crippen LogP contribution >= 0.6 is 0 Å². The monoisotopic (exact) mass is 312 g/mol. The number of hydrogen-bond acceptors (Lipinski definition) is 3. The molecule has 0 N–H and O–H groups in total. The van der Waals surface area contributed by atoms with E-state index in [9.17, 15) is 31.1 Å². The standard InChI is InChI=1S/C11H6F6N2O2/c1-19-4-18-8(10(12,13)14)7(19)5-2-3-6(21-5)9(20)11(15,16)17/h2-4H,1H3. The van der Waals surface area contributed by atoms with Crippen molar-refractivity contribution >= 4 is 5.78 Å². The van der Waals surface area contributed by atoms with Crippen LogP contribution in [0.15, 0.2) is 22.9 Å². The van der Waals surface area contributed by atoms with Gasteiger partial charge >= 0.3 is 18.1 Å². The number of imidazole rings is 1. The number of carbonyl (C=O) groups excluding carboxylic acids is 1. The lowest BCUT2D eigenvalue weighted by molar-refractivity contribution is -0.140. The molecule has 0 fully saturated rings. The number of carbonyl (C=O) groups is 1. The molecule has 2 aromatic rings. The first-order valence-corrected chi connectivity index (χ1v) is 5.32. The number of aryl methyl sites for hydroxylation is 1. The molecule has 0 aliphatic heterocycles. The second kappa shape index (κ2) is 4.64. The van der Waals surface area contributed by atoms with Gasteiger partial charge in [0.1, 0.15) is 5.69 Å². The van der Waals surface area contributed by atoms with Gasteiger partial charge < -0.3 is 8.98 Å². The van der Waals surface area contributed by atoms with Gasteiger partial charge in [-0.05, 0) is 12.1 Å². The normalized spacial score (nSPS) is 12.7. The number of rotatable bonds is 2. The van der Waals surface area contributed by atoms with E-state index in [1.807, 2.05) is 0 Å². The second-order valence-corrected chi connectivity index (χ2v) is 4.04. The van der Waals surface area contributed by atoms with Crippen molar-refractivity contribution in [3.63, 3.8) is 0 Å². The van der Waals surface area contributed by atoms with E-state index in [1.165, 1.54) is 7.05 Å².